The van der Waals surface area contributed by atoms with Crippen molar-refractivity contribution in [3.05, 3.63) is 29.3 Å². The maximum atomic E-state index is 12.1. The first-order valence-corrected chi connectivity index (χ1v) is 7.80. The Morgan fingerprint density at radius 3 is 2.56 bits per heavy atom. The zero-order valence-electron chi connectivity index (χ0n) is 11.3. The fraction of sp³-hybridized carbons (Fsp3) is 0.538. The molecular formula is C13H22N2O2S. The van der Waals surface area contributed by atoms with Gasteiger partial charge in [-0.15, -0.1) is 0 Å². The van der Waals surface area contributed by atoms with Gasteiger partial charge in [-0.3, -0.25) is 0 Å². The molecule has 0 aliphatic rings. The van der Waals surface area contributed by atoms with Crippen LogP contribution < -0.4 is 10.0 Å². The molecule has 1 aromatic rings. The lowest BCUT2D eigenvalue weighted by atomic mass is 10.1. The minimum Gasteiger partial charge on any atom is -0.313 e. The van der Waals surface area contributed by atoms with Gasteiger partial charge < -0.3 is 5.32 Å². The highest BCUT2D eigenvalue weighted by Crippen LogP contribution is 2.18. The van der Waals surface area contributed by atoms with Gasteiger partial charge in [-0.2, -0.15) is 0 Å². The van der Waals surface area contributed by atoms with Crippen molar-refractivity contribution in [3.63, 3.8) is 0 Å². The second-order valence-electron chi connectivity index (χ2n) is 4.22. The molecular weight excluding hydrogens is 248 g/mol. The average Bonchev–Trinajstić information content (AvgIpc) is 2.35. The van der Waals surface area contributed by atoms with Crippen LogP contribution in [0.15, 0.2) is 23.1 Å². The largest absolute Gasteiger partial charge is 0.313 e. The molecule has 4 nitrogen and oxygen atoms in total. The van der Waals surface area contributed by atoms with E-state index in [0.29, 0.717) is 18.0 Å². The molecule has 0 bridgehead atoms. The number of rotatable bonds is 7. The normalized spacial score (nSPS) is 11.7. The van der Waals surface area contributed by atoms with Gasteiger partial charge in [0, 0.05) is 13.1 Å². The van der Waals surface area contributed by atoms with E-state index in [1.54, 1.807) is 12.1 Å². The summed E-state index contributed by atoms with van der Waals surface area (Å²) in [4.78, 5) is 0.381. The third-order valence-corrected chi connectivity index (χ3v) is 4.40. The standard InChI is InChI=1S/C13H22N2O2S/c1-4-9-15-18(16,17)13-8-6-7-12(11(13)3)10-14-5-2/h6-8,14-15H,4-5,9-10H2,1-3H3. The molecule has 2 N–H and O–H groups in total. The van der Waals surface area contributed by atoms with Crippen molar-refractivity contribution < 1.29 is 8.42 Å². The van der Waals surface area contributed by atoms with Gasteiger partial charge >= 0.3 is 0 Å². The van der Waals surface area contributed by atoms with Gasteiger partial charge in [0.2, 0.25) is 10.0 Å². The van der Waals surface area contributed by atoms with Gasteiger partial charge in [0.25, 0.3) is 0 Å². The minimum absolute atomic E-state index is 0.381. The SMILES string of the molecule is CCCNS(=O)(=O)c1cccc(CNCC)c1C. The Kier molecular flexibility index (Phi) is 5.78. The molecule has 5 heteroatoms. The third-order valence-electron chi connectivity index (χ3n) is 2.79. The van der Waals surface area contributed by atoms with Crippen LogP contribution in [0.4, 0.5) is 0 Å². The molecule has 0 aromatic heterocycles. The predicted molar refractivity (Wildman–Crippen MR) is 74.0 cm³/mol. The molecule has 0 heterocycles. The lowest BCUT2D eigenvalue weighted by molar-refractivity contribution is 0.579. The molecule has 1 aromatic carbocycles. The number of hydrogen-bond donors (Lipinski definition) is 2. The van der Waals surface area contributed by atoms with Gasteiger partial charge in [0.1, 0.15) is 0 Å². The molecule has 0 amide bonds. The summed E-state index contributed by atoms with van der Waals surface area (Å²) in [5, 5.41) is 3.21. The Balaban J connectivity index is 3.02. The van der Waals surface area contributed by atoms with E-state index in [1.807, 2.05) is 26.8 Å². The fourth-order valence-electron chi connectivity index (χ4n) is 1.72. The molecule has 0 radical (unpaired) electrons. The topological polar surface area (TPSA) is 58.2 Å². The van der Waals surface area contributed by atoms with Gasteiger partial charge in [0.15, 0.2) is 0 Å². The molecule has 102 valence electrons. The smallest absolute Gasteiger partial charge is 0.240 e. The second-order valence-corrected chi connectivity index (χ2v) is 5.95. The van der Waals surface area contributed by atoms with E-state index in [2.05, 4.69) is 10.0 Å². The van der Waals surface area contributed by atoms with Crippen molar-refractivity contribution in [2.75, 3.05) is 13.1 Å². The van der Waals surface area contributed by atoms with E-state index in [1.165, 1.54) is 0 Å². The molecule has 0 saturated heterocycles. The summed E-state index contributed by atoms with van der Waals surface area (Å²) in [6.07, 6.45) is 0.787. The first kappa shape index (κ1) is 15.1. The molecule has 0 unspecified atom stereocenters. The Hall–Kier alpha value is -0.910. The monoisotopic (exact) mass is 270 g/mol. The first-order valence-electron chi connectivity index (χ1n) is 6.31. The van der Waals surface area contributed by atoms with Crippen LogP contribution in [0.3, 0.4) is 0 Å². The zero-order chi connectivity index (χ0) is 13.6. The zero-order valence-corrected chi connectivity index (χ0v) is 12.1. The van der Waals surface area contributed by atoms with Crippen LogP contribution in [-0.2, 0) is 16.6 Å². The molecule has 0 aliphatic carbocycles. The van der Waals surface area contributed by atoms with E-state index in [0.717, 1.165) is 24.1 Å². The average molecular weight is 270 g/mol. The van der Waals surface area contributed by atoms with Crippen molar-refractivity contribution in [3.8, 4) is 0 Å². The van der Waals surface area contributed by atoms with Crippen LogP contribution in [0.5, 0.6) is 0 Å². The molecule has 0 spiro atoms. The third kappa shape index (κ3) is 3.80. The minimum atomic E-state index is -3.38. The van der Waals surface area contributed by atoms with E-state index >= 15 is 0 Å². The first-order chi connectivity index (χ1) is 8.53. The number of benzene rings is 1. The van der Waals surface area contributed by atoms with Crippen molar-refractivity contribution in [2.45, 2.75) is 38.6 Å². The van der Waals surface area contributed by atoms with Crippen molar-refractivity contribution in [1.29, 1.82) is 0 Å². The number of hydrogen-bond acceptors (Lipinski definition) is 3. The summed E-state index contributed by atoms with van der Waals surface area (Å²) in [6.45, 7) is 7.85. The van der Waals surface area contributed by atoms with Crippen LogP contribution in [0.25, 0.3) is 0 Å². The molecule has 0 fully saturated rings. The summed E-state index contributed by atoms with van der Waals surface area (Å²) < 4.78 is 26.8. The van der Waals surface area contributed by atoms with Crippen LogP contribution in [0, 0.1) is 6.92 Å². The van der Waals surface area contributed by atoms with E-state index in [-0.39, 0.29) is 0 Å². The molecule has 1 rings (SSSR count). The van der Waals surface area contributed by atoms with E-state index in [4.69, 9.17) is 0 Å². The summed E-state index contributed by atoms with van der Waals surface area (Å²) in [6, 6.07) is 5.40. The van der Waals surface area contributed by atoms with Gasteiger partial charge in [-0.25, -0.2) is 13.1 Å². The van der Waals surface area contributed by atoms with E-state index < -0.39 is 10.0 Å². The summed E-state index contributed by atoms with van der Waals surface area (Å²) in [7, 11) is -3.38. The van der Waals surface area contributed by atoms with Gasteiger partial charge in [-0.05, 0) is 37.1 Å². The molecule has 0 atom stereocenters. The quantitative estimate of drug-likeness (QED) is 0.794. The molecule has 18 heavy (non-hydrogen) atoms. The second kappa shape index (κ2) is 6.87. The highest BCUT2D eigenvalue weighted by atomic mass is 32.2. The van der Waals surface area contributed by atoms with Crippen LogP contribution in [0.2, 0.25) is 0 Å². The van der Waals surface area contributed by atoms with E-state index in [9.17, 15) is 8.42 Å². The highest BCUT2D eigenvalue weighted by molar-refractivity contribution is 7.89. The number of nitrogens with one attached hydrogen (secondary N) is 2. The molecule has 0 aliphatic heterocycles. The van der Waals surface area contributed by atoms with Crippen molar-refractivity contribution >= 4 is 10.0 Å². The number of sulfonamides is 1. The Bertz CT molecular complexity index is 484. The summed E-state index contributed by atoms with van der Waals surface area (Å²) in [5.41, 5.74) is 1.85. The van der Waals surface area contributed by atoms with Gasteiger partial charge in [0.05, 0.1) is 4.90 Å². The fourth-order valence-corrected chi connectivity index (χ4v) is 3.14. The summed E-state index contributed by atoms with van der Waals surface area (Å²) >= 11 is 0. The lowest BCUT2D eigenvalue weighted by Gasteiger charge is -2.12. The Labute approximate surface area is 110 Å². The maximum absolute atomic E-state index is 12.1. The lowest BCUT2D eigenvalue weighted by Crippen LogP contribution is -2.25. The predicted octanol–water partition coefficient (Wildman–Crippen LogP) is 1.79. The van der Waals surface area contributed by atoms with Crippen LogP contribution in [-0.4, -0.2) is 21.5 Å². The Morgan fingerprint density at radius 1 is 1.22 bits per heavy atom. The van der Waals surface area contributed by atoms with Crippen molar-refractivity contribution in [1.82, 2.24) is 10.0 Å². The summed E-state index contributed by atoms with van der Waals surface area (Å²) in [5.74, 6) is 0. The Morgan fingerprint density at radius 2 is 1.94 bits per heavy atom. The van der Waals surface area contributed by atoms with Crippen LogP contribution >= 0.6 is 0 Å². The van der Waals surface area contributed by atoms with Crippen molar-refractivity contribution in [2.24, 2.45) is 0 Å². The highest BCUT2D eigenvalue weighted by Gasteiger charge is 2.17. The maximum Gasteiger partial charge on any atom is 0.240 e. The van der Waals surface area contributed by atoms with Gasteiger partial charge in [-0.1, -0.05) is 26.0 Å². The molecule has 0 saturated carbocycles. The van der Waals surface area contributed by atoms with Crippen LogP contribution in [0.1, 0.15) is 31.4 Å².